The Hall–Kier alpha value is -2.21. The van der Waals surface area contributed by atoms with E-state index in [2.05, 4.69) is 43.9 Å². The zero-order valence-electron chi connectivity index (χ0n) is 17.8. The molecule has 0 unspecified atom stereocenters. The Morgan fingerprint density at radius 2 is 1.76 bits per heavy atom. The van der Waals surface area contributed by atoms with Crippen LogP contribution in [0, 0.1) is 12.8 Å². The van der Waals surface area contributed by atoms with Crippen molar-refractivity contribution in [3.63, 3.8) is 0 Å². The third-order valence-corrected chi connectivity index (χ3v) is 6.47. The molecular formula is C23H32N4O2. The van der Waals surface area contributed by atoms with Crippen molar-refractivity contribution in [2.75, 3.05) is 31.1 Å². The molecule has 6 nitrogen and oxygen atoms in total. The van der Waals surface area contributed by atoms with Gasteiger partial charge in [0.1, 0.15) is 0 Å². The number of aliphatic hydroxyl groups excluding tert-OH is 1. The maximum atomic E-state index is 12.8. The van der Waals surface area contributed by atoms with Crippen molar-refractivity contribution in [1.82, 2.24) is 14.9 Å². The number of aromatic nitrogens is 2. The van der Waals surface area contributed by atoms with E-state index in [1.807, 2.05) is 4.90 Å². The third-order valence-electron chi connectivity index (χ3n) is 6.47. The molecule has 2 aliphatic rings. The summed E-state index contributed by atoms with van der Waals surface area (Å²) < 4.78 is 0. The van der Waals surface area contributed by atoms with Gasteiger partial charge in [0.2, 0.25) is 11.9 Å². The molecule has 6 heteroatoms. The number of carbonyl (C=O) groups excluding carboxylic acids is 1. The summed E-state index contributed by atoms with van der Waals surface area (Å²) in [7, 11) is 0. The first kappa shape index (κ1) is 20.1. The summed E-state index contributed by atoms with van der Waals surface area (Å²) in [6.07, 6.45) is 2.83. The van der Waals surface area contributed by atoms with Gasteiger partial charge in [0.15, 0.2) is 0 Å². The third kappa shape index (κ3) is 4.22. The first-order chi connectivity index (χ1) is 13.9. The largest absolute Gasteiger partial charge is 0.393 e. The molecule has 1 amide bonds. The van der Waals surface area contributed by atoms with Gasteiger partial charge in [0, 0.05) is 37.5 Å². The highest BCUT2D eigenvalue weighted by Gasteiger charge is 2.31. The number of amides is 1. The van der Waals surface area contributed by atoms with Gasteiger partial charge in [-0.3, -0.25) is 4.79 Å². The fourth-order valence-electron chi connectivity index (χ4n) is 4.46. The number of anilines is 1. The van der Waals surface area contributed by atoms with Crippen LogP contribution in [-0.4, -0.2) is 58.2 Å². The minimum absolute atomic E-state index is 0.0802. The molecule has 0 aliphatic carbocycles. The van der Waals surface area contributed by atoms with Crippen LogP contribution in [0.2, 0.25) is 0 Å². The molecule has 0 saturated carbocycles. The van der Waals surface area contributed by atoms with E-state index in [9.17, 15) is 9.90 Å². The van der Waals surface area contributed by atoms with Crippen LogP contribution in [-0.2, 0) is 4.79 Å². The van der Waals surface area contributed by atoms with E-state index in [1.165, 1.54) is 5.56 Å². The Kier molecular flexibility index (Phi) is 5.72. The summed E-state index contributed by atoms with van der Waals surface area (Å²) in [6.45, 7) is 9.44. The number of nitrogens with zero attached hydrogens (tertiary/aromatic N) is 4. The molecule has 0 radical (unpaired) electrons. The molecule has 2 aliphatic heterocycles. The number of piperidine rings is 2. The van der Waals surface area contributed by atoms with Crippen molar-refractivity contribution in [1.29, 1.82) is 0 Å². The average Bonchev–Trinajstić information content (AvgIpc) is 2.73. The van der Waals surface area contributed by atoms with Crippen molar-refractivity contribution in [3.05, 3.63) is 29.5 Å². The number of carbonyl (C=O) groups is 1. The Morgan fingerprint density at radius 1 is 1.07 bits per heavy atom. The molecular weight excluding hydrogens is 364 g/mol. The molecule has 29 heavy (non-hydrogen) atoms. The molecule has 1 aromatic heterocycles. The van der Waals surface area contributed by atoms with Gasteiger partial charge in [-0.1, -0.05) is 19.9 Å². The molecule has 3 heterocycles. The van der Waals surface area contributed by atoms with Gasteiger partial charge < -0.3 is 14.9 Å². The fourth-order valence-corrected chi connectivity index (χ4v) is 4.46. The van der Waals surface area contributed by atoms with Gasteiger partial charge in [-0.05, 0) is 56.2 Å². The molecule has 0 spiro atoms. The van der Waals surface area contributed by atoms with Crippen molar-refractivity contribution in [2.24, 2.45) is 5.92 Å². The number of fused-ring (bicyclic) bond motifs is 1. The topological polar surface area (TPSA) is 69.6 Å². The highest BCUT2D eigenvalue weighted by Crippen LogP contribution is 2.27. The summed E-state index contributed by atoms with van der Waals surface area (Å²) in [5.74, 6) is 1.60. The van der Waals surface area contributed by atoms with Crippen LogP contribution in [0.15, 0.2) is 18.2 Å². The lowest BCUT2D eigenvalue weighted by molar-refractivity contribution is -0.138. The molecule has 0 bridgehead atoms. The Bertz CT molecular complexity index is 882. The molecule has 156 valence electrons. The summed E-state index contributed by atoms with van der Waals surface area (Å²) in [4.78, 5) is 26.6. The van der Waals surface area contributed by atoms with E-state index >= 15 is 0 Å². The van der Waals surface area contributed by atoms with Crippen LogP contribution in [0.4, 0.5) is 5.95 Å². The fraction of sp³-hybridized carbons (Fsp3) is 0.609. The number of hydrogen-bond donors (Lipinski definition) is 1. The maximum Gasteiger partial charge on any atom is 0.226 e. The van der Waals surface area contributed by atoms with Crippen LogP contribution < -0.4 is 4.90 Å². The van der Waals surface area contributed by atoms with Crippen LogP contribution in [0.1, 0.15) is 56.7 Å². The second kappa shape index (κ2) is 8.27. The maximum absolute atomic E-state index is 12.8. The minimum atomic E-state index is -0.245. The molecule has 4 rings (SSSR count). The number of benzene rings is 1. The number of aliphatic hydroxyl groups is 1. The lowest BCUT2D eigenvalue weighted by atomic mass is 9.94. The first-order valence-corrected chi connectivity index (χ1v) is 10.9. The van der Waals surface area contributed by atoms with Crippen molar-refractivity contribution in [3.8, 4) is 0 Å². The van der Waals surface area contributed by atoms with E-state index in [4.69, 9.17) is 9.97 Å². The second-order valence-electron chi connectivity index (χ2n) is 8.86. The van der Waals surface area contributed by atoms with Crippen molar-refractivity contribution in [2.45, 2.75) is 58.5 Å². The smallest absolute Gasteiger partial charge is 0.226 e. The Labute approximate surface area is 172 Å². The highest BCUT2D eigenvalue weighted by atomic mass is 16.3. The number of hydrogen-bond acceptors (Lipinski definition) is 5. The van der Waals surface area contributed by atoms with E-state index in [0.717, 1.165) is 48.5 Å². The molecule has 2 aromatic rings. The Morgan fingerprint density at radius 3 is 2.41 bits per heavy atom. The van der Waals surface area contributed by atoms with Crippen LogP contribution in [0.5, 0.6) is 0 Å². The average molecular weight is 397 g/mol. The molecule has 1 aromatic carbocycles. The van der Waals surface area contributed by atoms with Crippen LogP contribution in [0.3, 0.4) is 0 Å². The zero-order chi connectivity index (χ0) is 20.5. The van der Waals surface area contributed by atoms with E-state index < -0.39 is 0 Å². The summed E-state index contributed by atoms with van der Waals surface area (Å²) in [5, 5.41) is 10.8. The van der Waals surface area contributed by atoms with Crippen molar-refractivity contribution < 1.29 is 9.90 Å². The molecule has 2 saturated heterocycles. The number of likely N-dealkylation sites (tertiary alicyclic amines) is 1. The normalized spacial score (nSPS) is 19.3. The van der Waals surface area contributed by atoms with Gasteiger partial charge in [-0.25, -0.2) is 9.97 Å². The Balaban J connectivity index is 1.43. The monoisotopic (exact) mass is 396 g/mol. The summed E-state index contributed by atoms with van der Waals surface area (Å²) in [6, 6.07) is 6.47. The van der Waals surface area contributed by atoms with Gasteiger partial charge in [0.05, 0.1) is 17.3 Å². The van der Waals surface area contributed by atoms with Gasteiger partial charge in [0.25, 0.3) is 0 Å². The highest BCUT2D eigenvalue weighted by molar-refractivity contribution is 5.83. The molecule has 2 fully saturated rings. The number of aryl methyl sites for hydroxylation is 1. The SMILES string of the molecule is Cc1nc(N2CCC(C(=O)N3CCC(O)CC3)CC2)nc2ccc(C(C)C)cc12. The molecule has 1 N–H and O–H groups in total. The van der Waals surface area contributed by atoms with Gasteiger partial charge in [-0.15, -0.1) is 0 Å². The zero-order valence-corrected chi connectivity index (χ0v) is 17.8. The van der Waals surface area contributed by atoms with Crippen LogP contribution in [0.25, 0.3) is 10.9 Å². The number of rotatable bonds is 3. The minimum Gasteiger partial charge on any atom is -0.393 e. The lowest BCUT2D eigenvalue weighted by Crippen LogP contribution is -2.46. The summed E-state index contributed by atoms with van der Waals surface area (Å²) >= 11 is 0. The standard InChI is InChI=1S/C23H32N4O2/c1-15(2)18-4-5-21-20(14-18)16(3)24-23(25-21)27-10-6-17(7-11-27)22(29)26-12-8-19(28)9-13-26/h4-5,14-15,17,19,28H,6-13H2,1-3H3. The lowest BCUT2D eigenvalue weighted by Gasteiger charge is -2.36. The predicted molar refractivity (Wildman–Crippen MR) is 115 cm³/mol. The van der Waals surface area contributed by atoms with Gasteiger partial charge >= 0.3 is 0 Å². The molecule has 0 atom stereocenters. The van der Waals surface area contributed by atoms with E-state index in [-0.39, 0.29) is 17.9 Å². The van der Waals surface area contributed by atoms with Crippen LogP contribution >= 0.6 is 0 Å². The predicted octanol–water partition coefficient (Wildman–Crippen LogP) is 3.26. The summed E-state index contributed by atoms with van der Waals surface area (Å²) in [5.41, 5.74) is 3.31. The van der Waals surface area contributed by atoms with E-state index in [1.54, 1.807) is 0 Å². The first-order valence-electron chi connectivity index (χ1n) is 10.9. The van der Waals surface area contributed by atoms with E-state index in [0.29, 0.717) is 31.8 Å². The van der Waals surface area contributed by atoms with Crippen molar-refractivity contribution >= 4 is 22.8 Å². The van der Waals surface area contributed by atoms with Gasteiger partial charge in [-0.2, -0.15) is 0 Å². The second-order valence-corrected chi connectivity index (χ2v) is 8.86. The quantitative estimate of drug-likeness (QED) is 0.862.